The molecule has 0 aliphatic carbocycles. The quantitative estimate of drug-likeness (QED) is 0.0852. The van der Waals surface area contributed by atoms with Crippen LogP contribution in [0.3, 0.4) is 0 Å². The highest BCUT2D eigenvalue weighted by atomic mass is 16.8. The first kappa shape index (κ1) is 41.2. The van der Waals surface area contributed by atoms with E-state index >= 15 is 0 Å². The Hall–Kier alpha value is -4.44. The monoisotopic (exact) mass is 802 g/mol. The van der Waals surface area contributed by atoms with E-state index in [1.54, 1.807) is 0 Å². The number of fused-ring (bicyclic) bond motifs is 1. The molecule has 15 atom stereocenters. The van der Waals surface area contributed by atoms with E-state index < -0.39 is 162 Å². The van der Waals surface area contributed by atoms with Crippen molar-refractivity contribution in [2.24, 2.45) is 0 Å². The van der Waals surface area contributed by atoms with Crippen LogP contribution >= 0.6 is 0 Å². The fraction of sp³-hybridized carbons (Fsp3) is 0.515. The van der Waals surface area contributed by atoms with Gasteiger partial charge in [0.05, 0.1) is 13.2 Å². The minimum Gasteiger partial charge on any atom is -0.507 e. The fourth-order valence-electron chi connectivity index (χ4n) is 6.32. The van der Waals surface area contributed by atoms with Gasteiger partial charge < -0.3 is 104 Å². The lowest BCUT2D eigenvalue weighted by Gasteiger charge is -2.45. The summed E-state index contributed by atoms with van der Waals surface area (Å²) >= 11 is 0. The lowest BCUT2D eigenvalue weighted by Crippen LogP contribution is -2.65. The Morgan fingerprint density at radius 1 is 0.643 bits per heavy atom. The van der Waals surface area contributed by atoms with E-state index in [1.807, 2.05) is 0 Å². The molecule has 0 spiro atoms. The van der Waals surface area contributed by atoms with Gasteiger partial charge in [0.25, 0.3) is 0 Å². The van der Waals surface area contributed by atoms with Gasteiger partial charge in [0.2, 0.25) is 23.8 Å². The van der Waals surface area contributed by atoms with Gasteiger partial charge in [-0.2, -0.15) is 0 Å². The van der Waals surface area contributed by atoms with E-state index in [9.17, 15) is 81.1 Å². The molecule has 14 N–H and O–H groups in total. The van der Waals surface area contributed by atoms with Crippen molar-refractivity contribution >= 4 is 16.9 Å². The summed E-state index contributed by atoms with van der Waals surface area (Å²) in [6, 6.07) is 4.78. The van der Waals surface area contributed by atoms with Crippen LogP contribution in [0, 0.1) is 0 Å². The molecule has 23 nitrogen and oxygen atoms in total. The first-order valence-electron chi connectivity index (χ1n) is 16.7. The van der Waals surface area contributed by atoms with Gasteiger partial charge in [0.15, 0.2) is 35.8 Å². The van der Waals surface area contributed by atoms with Gasteiger partial charge in [-0.05, 0) is 18.2 Å². The highest BCUT2D eigenvalue weighted by molar-refractivity contribution is 5.88. The lowest BCUT2D eigenvalue weighted by atomic mass is 9.97. The van der Waals surface area contributed by atoms with E-state index in [2.05, 4.69) is 0 Å². The zero-order valence-electron chi connectivity index (χ0n) is 28.4. The number of aliphatic hydroxyl groups excluding tert-OH is 10. The maximum absolute atomic E-state index is 14.2. The number of aliphatic hydroxyl groups is 10. The van der Waals surface area contributed by atoms with Gasteiger partial charge in [0.1, 0.15) is 83.5 Å². The molecule has 3 aliphatic heterocycles. The van der Waals surface area contributed by atoms with Crippen molar-refractivity contribution < 1.29 is 109 Å². The Bertz CT molecular complexity index is 1950. The highest BCUT2D eigenvalue weighted by Crippen LogP contribution is 2.41. The third kappa shape index (κ3) is 7.53. The number of ether oxygens (including phenoxy) is 6. The molecule has 0 saturated carbocycles. The number of phenolic OH excluding ortho intramolecular Hbond substituents is 3. The molecule has 3 fully saturated rings. The van der Waals surface area contributed by atoms with Crippen LogP contribution in [-0.4, -0.2) is 183 Å². The van der Waals surface area contributed by atoms with Crippen molar-refractivity contribution in [2.45, 2.75) is 92.1 Å². The summed E-state index contributed by atoms with van der Waals surface area (Å²) in [7, 11) is 0. The summed E-state index contributed by atoms with van der Waals surface area (Å²) in [5.74, 6) is -5.87. The molecular formula is C33H38O23. The summed E-state index contributed by atoms with van der Waals surface area (Å²) < 4.78 is 39.0. The number of aliphatic carboxylic acids is 1. The second-order valence-electron chi connectivity index (χ2n) is 13.1. The highest BCUT2D eigenvalue weighted by Gasteiger charge is 2.52. The average Bonchev–Trinajstić information content (AvgIpc) is 3.16. The van der Waals surface area contributed by atoms with Crippen LogP contribution in [0.1, 0.15) is 0 Å². The third-order valence-electron chi connectivity index (χ3n) is 9.41. The predicted octanol–water partition coefficient (Wildman–Crippen LogP) is -5.15. The van der Waals surface area contributed by atoms with Gasteiger partial charge in [-0.25, -0.2) is 4.79 Å². The van der Waals surface area contributed by atoms with Crippen molar-refractivity contribution in [3.63, 3.8) is 0 Å². The number of rotatable bonds is 10. The summed E-state index contributed by atoms with van der Waals surface area (Å²) in [5, 5.41) is 143. The van der Waals surface area contributed by atoms with Crippen LogP contribution in [0.2, 0.25) is 0 Å². The van der Waals surface area contributed by atoms with E-state index in [4.69, 9.17) is 32.8 Å². The Morgan fingerprint density at radius 2 is 1.25 bits per heavy atom. The zero-order chi connectivity index (χ0) is 40.9. The van der Waals surface area contributed by atoms with Crippen LogP contribution in [0.25, 0.3) is 22.3 Å². The minimum absolute atomic E-state index is 0.200. The van der Waals surface area contributed by atoms with Gasteiger partial charge in [-0.15, -0.1) is 0 Å². The second-order valence-corrected chi connectivity index (χ2v) is 13.1. The Balaban J connectivity index is 1.43. The largest absolute Gasteiger partial charge is 0.507 e. The molecule has 2 aromatic carbocycles. The number of carboxylic acid groups (broad SMARTS) is 1. The Kier molecular flexibility index (Phi) is 11.9. The van der Waals surface area contributed by atoms with Crippen molar-refractivity contribution in [1.29, 1.82) is 0 Å². The molecule has 23 heteroatoms. The van der Waals surface area contributed by atoms with E-state index in [0.717, 1.165) is 30.3 Å². The molecule has 4 heterocycles. The zero-order valence-corrected chi connectivity index (χ0v) is 28.4. The smallest absolute Gasteiger partial charge is 0.335 e. The SMILES string of the molecule is O=C(O)C1OC(Oc2cc(O)c3c(=O)c(OC4OC(CO)C(O)C(O)C4OC4OC(CO)C(O)C(O)C4O)c(-c4ccc(O)c(O)c4)oc3c2)C(O)C(O)C1O. The minimum atomic E-state index is -2.07. The standard InChI is InChI=1S/C33H38O23/c34-6-14-17(39)20(42)24(46)32(52-14)56-29-22(44)18(40)15(7-35)53-33(29)54-27-19(41)16-12(38)4-9(50-31-25(47)21(43)23(45)28(55-31)30(48)49)5-13(16)51-26(27)8-1-2-10(36)11(37)3-8/h1-5,14-15,17-18,20-25,28-29,31-40,42-47H,6-7H2,(H,48,49). The lowest BCUT2D eigenvalue weighted by molar-refractivity contribution is -0.358. The molecular weight excluding hydrogens is 764 g/mol. The Labute approximate surface area is 312 Å². The number of hydrogen-bond acceptors (Lipinski definition) is 22. The number of phenols is 3. The molecule has 0 radical (unpaired) electrons. The normalized spacial score (nSPS) is 36.3. The maximum Gasteiger partial charge on any atom is 0.335 e. The molecule has 6 rings (SSSR count). The number of benzene rings is 2. The molecule has 15 unspecified atom stereocenters. The fourth-order valence-corrected chi connectivity index (χ4v) is 6.32. The molecule has 308 valence electrons. The Morgan fingerprint density at radius 3 is 1.88 bits per heavy atom. The van der Waals surface area contributed by atoms with Gasteiger partial charge in [-0.1, -0.05) is 0 Å². The number of hydrogen-bond donors (Lipinski definition) is 14. The second kappa shape index (κ2) is 16.2. The maximum atomic E-state index is 14.2. The molecule has 3 aliphatic rings. The first-order valence-corrected chi connectivity index (χ1v) is 16.7. The van der Waals surface area contributed by atoms with Crippen LogP contribution in [0.4, 0.5) is 0 Å². The number of aromatic hydroxyl groups is 3. The molecule has 0 amide bonds. The third-order valence-corrected chi connectivity index (χ3v) is 9.41. The topological polar surface area (TPSA) is 386 Å². The summed E-state index contributed by atoms with van der Waals surface area (Å²) in [6.45, 7) is -1.81. The number of carbonyl (C=O) groups is 1. The predicted molar refractivity (Wildman–Crippen MR) is 175 cm³/mol. The van der Waals surface area contributed by atoms with Gasteiger partial charge in [0, 0.05) is 17.7 Å². The molecule has 1 aromatic heterocycles. The van der Waals surface area contributed by atoms with E-state index in [-0.39, 0.29) is 5.56 Å². The van der Waals surface area contributed by atoms with Crippen LogP contribution in [0.5, 0.6) is 28.7 Å². The summed E-state index contributed by atoms with van der Waals surface area (Å²) in [4.78, 5) is 25.8. The molecule has 3 aromatic rings. The van der Waals surface area contributed by atoms with Crippen molar-refractivity contribution in [3.8, 4) is 40.1 Å². The average molecular weight is 803 g/mol. The molecule has 56 heavy (non-hydrogen) atoms. The van der Waals surface area contributed by atoms with Gasteiger partial charge >= 0.3 is 5.97 Å². The number of carboxylic acids is 1. The summed E-state index contributed by atoms with van der Waals surface area (Å²) in [6.07, 6.45) is -29.1. The van der Waals surface area contributed by atoms with Gasteiger partial charge in [-0.3, -0.25) is 4.79 Å². The van der Waals surface area contributed by atoms with Crippen molar-refractivity contribution in [3.05, 3.63) is 40.6 Å². The first-order chi connectivity index (χ1) is 26.5. The van der Waals surface area contributed by atoms with E-state index in [0.29, 0.717) is 0 Å². The van der Waals surface area contributed by atoms with Crippen molar-refractivity contribution in [1.82, 2.24) is 0 Å². The summed E-state index contributed by atoms with van der Waals surface area (Å²) in [5.41, 5.74) is -1.93. The van der Waals surface area contributed by atoms with Crippen LogP contribution in [-0.2, 0) is 23.7 Å². The van der Waals surface area contributed by atoms with E-state index in [1.165, 1.54) is 0 Å². The molecule has 3 saturated heterocycles. The van der Waals surface area contributed by atoms with Crippen LogP contribution in [0.15, 0.2) is 39.5 Å². The van der Waals surface area contributed by atoms with Crippen LogP contribution < -0.4 is 14.9 Å². The molecule has 0 bridgehead atoms. The van der Waals surface area contributed by atoms with Crippen molar-refractivity contribution in [2.75, 3.05) is 13.2 Å².